The second kappa shape index (κ2) is 6.66. The van der Waals surface area contributed by atoms with E-state index in [0.717, 1.165) is 5.56 Å². The fraction of sp³-hybridized carbons (Fsp3) is 0.533. The average Bonchev–Trinajstić information content (AvgIpc) is 2.75. The molecule has 3 atom stereocenters. The van der Waals surface area contributed by atoms with Crippen molar-refractivity contribution >= 4 is 17.7 Å². The van der Waals surface area contributed by atoms with Crippen LogP contribution in [0.1, 0.15) is 25.6 Å². The summed E-state index contributed by atoms with van der Waals surface area (Å²) in [6, 6.07) is 4.56. The van der Waals surface area contributed by atoms with Crippen LogP contribution in [-0.4, -0.2) is 42.0 Å². The van der Waals surface area contributed by atoms with Crippen molar-refractivity contribution in [3.05, 3.63) is 29.6 Å². The first-order valence-corrected chi connectivity index (χ1v) is 8.19. The number of hydrogen-bond acceptors (Lipinski definition) is 4. The second-order valence-corrected chi connectivity index (χ2v) is 6.50. The summed E-state index contributed by atoms with van der Waals surface area (Å²) in [5.74, 6) is -0.154. The molecule has 1 N–H and O–H groups in total. The summed E-state index contributed by atoms with van der Waals surface area (Å²) in [6.45, 7) is 4.54. The molecule has 6 heteroatoms. The second-order valence-electron chi connectivity index (χ2n) is 5.22. The van der Waals surface area contributed by atoms with E-state index in [9.17, 15) is 9.18 Å². The van der Waals surface area contributed by atoms with Gasteiger partial charge in [-0.2, -0.15) is 11.8 Å². The van der Waals surface area contributed by atoms with E-state index in [2.05, 4.69) is 12.2 Å². The number of rotatable bonds is 5. The highest BCUT2D eigenvalue weighted by atomic mass is 32.2. The summed E-state index contributed by atoms with van der Waals surface area (Å²) in [5, 5.41) is 3.55. The summed E-state index contributed by atoms with van der Waals surface area (Å²) in [5.41, 5.74) is 0.735. The molecule has 2 rings (SSSR count). The quantitative estimate of drug-likeness (QED) is 0.906. The van der Waals surface area contributed by atoms with Crippen LogP contribution in [0.25, 0.3) is 0 Å². The van der Waals surface area contributed by atoms with E-state index >= 15 is 0 Å². The Hall–Kier alpha value is -1.27. The summed E-state index contributed by atoms with van der Waals surface area (Å²) >= 11 is 1.71. The van der Waals surface area contributed by atoms with Crippen LogP contribution in [0, 0.1) is 5.82 Å². The molecule has 1 aliphatic rings. The molecule has 1 heterocycles. The maximum absolute atomic E-state index is 13.9. The molecular formula is C15H21FN2O2S. The van der Waals surface area contributed by atoms with Gasteiger partial charge in [0.2, 0.25) is 5.91 Å². The van der Waals surface area contributed by atoms with Crippen molar-refractivity contribution < 1.29 is 13.9 Å². The smallest absolute Gasteiger partial charge is 0.241 e. The summed E-state index contributed by atoms with van der Waals surface area (Å²) in [7, 11) is 1.43. The third-order valence-electron chi connectivity index (χ3n) is 3.72. The zero-order valence-electron chi connectivity index (χ0n) is 12.7. The highest BCUT2D eigenvalue weighted by Gasteiger charge is 2.37. The Labute approximate surface area is 129 Å². The average molecular weight is 312 g/mol. The molecular weight excluding hydrogens is 291 g/mol. The molecule has 0 radical (unpaired) electrons. The number of carbonyl (C=O) groups excluding carboxylic acids is 1. The van der Waals surface area contributed by atoms with Crippen LogP contribution in [0.4, 0.5) is 4.39 Å². The maximum atomic E-state index is 13.9. The molecule has 3 unspecified atom stereocenters. The van der Waals surface area contributed by atoms with Gasteiger partial charge in [-0.3, -0.25) is 10.1 Å². The topological polar surface area (TPSA) is 41.6 Å². The van der Waals surface area contributed by atoms with Gasteiger partial charge < -0.3 is 9.64 Å². The van der Waals surface area contributed by atoms with Crippen molar-refractivity contribution in [3.63, 3.8) is 0 Å². The maximum Gasteiger partial charge on any atom is 0.241 e. The number of thioether (sulfide) groups is 1. The molecule has 21 heavy (non-hydrogen) atoms. The van der Waals surface area contributed by atoms with E-state index in [1.807, 2.05) is 13.2 Å². The number of carbonyl (C=O) groups is 1. The summed E-state index contributed by atoms with van der Waals surface area (Å²) < 4.78 is 18.8. The van der Waals surface area contributed by atoms with E-state index < -0.39 is 5.82 Å². The normalized spacial score (nSPS) is 23.5. The molecule has 4 nitrogen and oxygen atoms in total. The van der Waals surface area contributed by atoms with Gasteiger partial charge in [-0.15, -0.1) is 0 Å². The number of nitrogens with one attached hydrogen (secondary N) is 1. The standard InChI is InChI=1S/C15H21FN2O2S/c1-9(21-4)8-18-14(17-10(2)15(18)19)11-5-6-13(20-3)12(16)7-11/h5-7,9-10,14,17H,8H2,1-4H3. The van der Waals surface area contributed by atoms with Crippen LogP contribution in [0.15, 0.2) is 18.2 Å². The van der Waals surface area contributed by atoms with Crippen molar-refractivity contribution in [3.8, 4) is 5.75 Å². The monoisotopic (exact) mass is 312 g/mol. The van der Waals surface area contributed by atoms with Crippen molar-refractivity contribution in [1.29, 1.82) is 0 Å². The van der Waals surface area contributed by atoms with E-state index in [4.69, 9.17) is 4.74 Å². The zero-order chi connectivity index (χ0) is 15.6. The Morgan fingerprint density at radius 1 is 1.52 bits per heavy atom. The molecule has 0 spiro atoms. The lowest BCUT2D eigenvalue weighted by Gasteiger charge is -2.27. The largest absolute Gasteiger partial charge is 0.494 e. The van der Waals surface area contributed by atoms with Crippen molar-refractivity contribution in [2.75, 3.05) is 19.9 Å². The van der Waals surface area contributed by atoms with Gasteiger partial charge in [0.25, 0.3) is 0 Å². The number of nitrogens with zero attached hydrogens (tertiary/aromatic N) is 1. The lowest BCUT2D eigenvalue weighted by molar-refractivity contribution is -0.129. The third kappa shape index (κ3) is 3.32. The fourth-order valence-corrected chi connectivity index (χ4v) is 2.76. The lowest BCUT2D eigenvalue weighted by Crippen LogP contribution is -2.35. The van der Waals surface area contributed by atoms with Gasteiger partial charge in [0.15, 0.2) is 11.6 Å². The van der Waals surface area contributed by atoms with Gasteiger partial charge in [-0.1, -0.05) is 13.0 Å². The summed E-state index contributed by atoms with van der Waals surface area (Å²) in [4.78, 5) is 14.1. The molecule has 0 saturated carbocycles. The molecule has 1 aromatic carbocycles. The molecule has 1 saturated heterocycles. The van der Waals surface area contributed by atoms with Gasteiger partial charge in [0.1, 0.15) is 6.17 Å². The molecule has 116 valence electrons. The zero-order valence-corrected chi connectivity index (χ0v) is 13.5. The Bertz CT molecular complexity index is 526. The highest BCUT2D eigenvalue weighted by molar-refractivity contribution is 7.99. The molecule has 1 aromatic rings. The van der Waals surface area contributed by atoms with Crippen LogP contribution >= 0.6 is 11.8 Å². The van der Waals surface area contributed by atoms with Gasteiger partial charge in [0, 0.05) is 11.8 Å². The Balaban J connectivity index is 2.27. The number of halogens is 1. The van der Waals surface area contributed by atoms with Gasteiger partial charge in [-0.05, 0) is 30.9 Å². The first kappa shape index (κ1) is 16.1. The molecule has 0 aliphatic carbocycles. The van der Waals surface area contributed by atoms with Crippen LogP contribution < -0.4 is 10.1 Å². The molecule has 1 aliphatic heterocycles. The predicted molar refractivity (Wildman–Crippen MR) is 83.0 cm³/mol. The SMILES string of the molecule is COc1ccc(C2NC(C)C(=O)N2CC(C)SC)cc1F. The van der Waals surface area contributed by atoms with E-state index in [1.54, 1.807) is 28.8 Å². The first-order chi connectivity index (χ1) is 9.97. The third-order valence-corrected chi connectivity index (χ3v) is 4.67. The van der Waals surface area contributed by atoms with E-state index in [-0.39, 0.29) is 23.9 Å². The number of hydrogen-bond donors (Lipinski definition) is 1. The molecule has 1 amide bonds. The molecule has 0 aromatic heterocycles. The van der Waals surface area contributed by atoms with Gasteiger partial charge >= 0.3 is 0 Å². The van der Waals surface area contributed by atoms with Crippen molar-refractivity contribution in [1.82, 2.24) is 10.2 Å². The molecule has 0 bridgehead atoms. The molecule has 1 fully saturated rings. The minimum absolute atomic E-state index is 0.0529. The predicted octanol–water partition coefficient (Wildman–Crippen LogP) is 2.40. The highest BCUT2D eigenvalue weighted by Crippen LogP contribution is 2.29. The van der Waals surface area contributed by atoms with Crippen LogP contribution in [0.3, 0.4) is 0 Å². The van der Waals surface area contributed by atoms with Crippen molar-refractivity contribution in [2.24, 2.45) is 0 Å². The fourth-order valence-electron chi connectivity index (χ4n) is 2.45. The number of benzene rings is 1. The summed E-state index contributed by atoms with van der Waals surface area (Å²) in [6.07, 6.45) is 1.73. The van der Waals surface area contributed by atoms with Crippen LogP contribution in [-0.2, 0) is 4.79 Å². The van der Waals surface area contributed by atoms with Crippen LogP contribution in [0.5, 0.6) is 5.75 Å². The number of methoxy groups -OCH3 is 1. The number of ether oxygens (including phenoxy) is 1. The minimum atomic E-state index is -0.415. The lowest BCUT2D eigenvalue weighted by atomic mass is 10.1. The van der Waals surface area contributed by atoms with E-state index in [0.29, 0.717) is 11.8 Å². The Morgan fingerprint density at radius 2 is 2.24 bits per heavy atom. The Kier molecular flexibility index (Phi) is 5.11. The number of amides is 1. The minimum Gasteiger partial charge on any atom is -0.494 e. The first-order valence-electron chi connectivity index (χ1n) is 6.90. The van der Waals surface area contributed by atoms with Crippen molar-refractivity contribution in [2.45, 2.75) is 31.3 Å². The Morgan fingerprint density at radius 3 is 2.81 bits per heavy atom. The van der Waals surface area contributed by atoms with Crippen LogP contribution in [0.2, 0.25) is 0 Å². The van der Waals surface area contributed by atoms with Gasteiger partial charge in [0.05, 0.1) is 13.2 Å². The van der Waals surface area contributed by atoms with Gasteiger partial charge in [-0.25, -0.2) is 4.39 Å². The van der Waals surface area contributed by atoms with E-state index in [1.165, 1.54) is 13.2 Å².